The highest BCUT2D eigenvalue weighted by Gasteiger charge is 2.09. The molecular formula is C21H20ClN5O. The van der Waals surface area contributed by atoms with Crippen LogP contribution in [0.15, 0.2) is 60.9 Å². The second-order valence-electron chi connectivity index (χ2n) is 6.58. The number of nitrogens with zero attached hydrogens (tertiary/aromatic N) is 3. The van der Waals surface area contributed by atoms with Crippen LogP contribution in [0.5, 0.6) is 0 Å². The molecule has 2 aromatic heterocycles. The third kappa shape index (κ3) is 4.23. The normalized spacial score (nSPS) is 11.0. The minimum atomic E-state index is -0.130. The van der Waals surface area contributed by atoms with Crippen LogP contribution in [0.2, 0.25) is 5.02 Å². The first kappa shape index (κ1) is 18.3. The topological polar surface area (TPSA) is 75.6 Å². The van der Waals surface area contributed by atoms with Gasteiger partial charge in [-0.15, -0.1) is 0 Å². The Bertz CT molecular complexity index is 1070. The lowest BCUT2D eigenvalue weighted by atomic mass is 10.2. The van der Waals surface area contributed by atoms with E-state index in [9.17, 15) is 4.79 Å². The van der Waals surface area contributed by atoms with E-state index in [1.165, 1.54) is 0 Å². The Kier molecular flexibility index (Phi) is 5.39. The van der Waals surface area contributed by atoms with Gasteiger partial charge < -0.3 is 10.3 Å². The van der Waals surface area contributed by atoms with Gasteiger partial charge >= 0.3 is 0 Å². The number of aryl methyl sites for hydroxylation is 1. The smallest absolute Gasteiger partial charge is 0.254 e. The maximum atomic E-state index is 12.3. The number of H-pyrrole nitrogens is 1. The van der Waals surface area contributed by atoms with Crippen molar-refractivity contribution in [3.8, 4) is 0 Å². The van der Waals surface area contributed by atoms with Crippen molar-refractivity contribution in [2.75, 3.05) is 6.54 Å². The van der Waals surface area contributed by atoms with Crippen LogP contribution in [0.4, 0.5) is 0 Å². The minimum Gasteiger partial charge on any atom is -0.352 e. The van der Waals surface area contributed by atoms with Crippen LogP contribution in [-0.4, -0.2) is 32.2 Å². The first-order valence-corrected chi connectivity index (χ1v) is 9.54. The average molecular weight is 394 g/mol. The van der Waals surface area contributed by atoms with Gasteiger partial charge in [0.25, 0.3) is 5.91 Å². The molecule has 6 nitrogen and oxygen atoms in total. The number of aromatic amines is 1. The lowest BCUT2D eigenvalue weighted by Gasteiger charge is -2.04. The summed E-state index contributed by atoms with van der Waals surface area (Å²) in [6, 6.07) is 15.6. The van der Waals surface area contributed by atoms with Crippen molar-refractivity contribution in [2.24, 2.45) is 0 Å². The first-order valence-electron chi connectivity index (χ1n) is 9.17. The van der Waals surface area contributed by atoms with Crippen LogP contribution >= 0.6 is 11.6 Å². The molecule has 142 valence electrons. The van der Waals surface area contributed by atoms with E-state index in [-0.39, 0.29) is 5.91 Å². The Morgan fingerprint density at radius 3 is 2.82 bits per heavy atom. The van der Waals surface area contributed by atoms with Gasteiger partial charge in [0.15, 0.2) is 0 Å². The summed E-state index contributed by atoms with van der Waals surface area (Å²) in [6.07, 6.45) is 4.89. The maximum Gasteiger partial charge on any atom is 0.254 e. The monoisotopic (exact) mass is 393 g/mol. The van der Waals surface area contributed by atoms with Crippen LogP contribution in [0.25, 0.3) is 11.0 Å². The van der Waals surface area contributed by atoms with Crippen molar-refractivity contribution in [1.29, 1.82) is 0 Å². The summed E-state index contributed by atoms with van der Waals surface area (Å²) in [5, 5.41) is 7.88. The van der Waals surface area contributed by atoms with Gasteiger partial charge in [-0.2, -0.15) is 5.10 Å². The predicted molar refractivity (Wildman–Crippen MR) is 110 cm³/mol. The summed E-state index contributed by atoms with van der Waals surface area (Å²) in [5.74, 6) is 0.804. The summed E-state index contributed by atoms with van der Waals surface area (Å²) >= 11 is 6.18. The van der Waals surface area contributed by atoms with Gasteiger partial charge in [-0.25, -0.2) is 4.98 Å². The van der Waals surface area contributed by atoms with Gasteiger partial charge in [0.1, 0.15) is 5.82 Å². The number of nitrogens with one attached hydrogen (secondary N) is 2. The molecule has 0 unspecified atom stereocenters. The number of benzene rings is 2. The van der Waals surface area contributed by atoms with Crippen LogP contribution in [-0.2, 0) is 13.0 Å². The zero-order valence-electron chi connectivity index (χ0n) is 15.2. The van der Waals surface area contributed by atoms with Crippen molar-refractivity contribution in [3.05, 3.63) is 82.9 Å². The average Bonchev–Trinajstić information content (AvgIpc) is 3.33. The van der Waals surface area contributed by atoms with Crippen molar-refractivity contribution < 1.29 is 4.79 Å². The van der Waals surface area contributed by atoms with E-state index in [4.69, 9.17) is 11.6 Å². The molecule has 0 aliphatic rings. The summed E-state index contributed by atoms with van der Waals surface area (Å²) in [4.78, 5) is 20.2. The molecule has 0 saturated carbocycles. The highest BCUT2D eigenvalue weighted by atomic mass is 35.5. The summed E-state index contributed by atoms with van der Waals surface area (Å²) in [5.41, 5.74) is 3.50. The van der Waals surface area contributed by atoms with Crippen LogP contribution < -0.4 is 5.32 Å². The van der Waals surface area contributed by atoms with Gasteiger partial charge in [-0.3, -0.25) is 9.48 Å². The molecule has 4 aromatic rings. The molecule has 0 aliphatic carbocycles. The minimum absolute atomic E-state index is 0.130. The number of hydrogen-bond acceptors (Lipinski definition) is 3. The Balaban J connectivity index is 1.27. The number of carbonyl (C=O) groups excluding carboxylic acids is 1. The molecule has 2 N–H and O–H groups in total. The van der Waals surface area contributed by atoms with Gasteiger partial charge in [0.05, 0.1) is 29.3 Å². The second-order valence-corrected chi connectivity index (χ2v) is 6.99. The van der Waals surface area contributed by atoms with Crippen LogP contribution in [0, 0.1) is 0 Å². The lowest BCUT2D eigenvalue weighted by molar-refractivity contribution is 0.0953. The number of amides is 1. The summed E-state index contributed by atoms with van der Waals surface area (Å²) in [6.45, 7) is 1.10. The number of para-hydroxylation sites is 2. The molecule has 0 fully saturated rings. The molecule has 1 amide bonds. The van der Waals surface area contributed by atoms with E-state index < -0.39 is 0 Å². The number of carbonyl (C=O) groups is 1. The fraction of sp³-hybridized carbons (Fsp3) is 0.190. The lowest BCUT2D eigenvalue weighted by Crippen LogP contribution is -2.24. The summed E-state index contributed by atoms with van der Waals surface area (Å²) in [7, 11) is 0. The SMILES string of the molecule is O=C(NCCCc1nc2ccccc2[nH]1)c1cnn(Cc2ccccc2Cl)c1. The summed E-state index contributed by atoms with van der Waals surface area (Å²) < 4.78 is 1.71. The molecule has 0 bridgehead atoms. The van der Waals surface area contributed by atoms with Gasteiger partial charge in [0, 0.05) is 24.2 Å². The van der Waals surface area contributed by atoms with Gasteiger partial charge in [0.2, 0.25) is 0 Å². The van der Waals surface area contributed by atoms with E-state index in [0.717, 1.165) is 35.3 Å². The Hall–Kier alpha value is -3.12. The van der Waals surface area contributed by atoms with E-state index in [0.29, 0.717) is 23.7 Å². The molecule has 0 spiro atoms. The maximum absolute atomic E-state index is 12.3. The van der Waals surface area contributed by atoms with Crippen molar-refractivity contribution in [2.45, 2.75) is 19.4 Å². The zero-order valence-corrected chi connectivity index (χ0v) is 16.0. The van der Waals surface area contributed by atoms with Crippen LogP contribution in [0.3, 0.4) is 0 Å². The van der Waals surface area contributed by atoms with E-state index >= 15 is 0 Å². The fourth-order valence-electron chi connectivity index (χ4n) is 3.05. The van der Waals surface area contributed by atoms with E-state index in [2.05, 4.69) is 20.4 Å². The predicted octanol–water partition coefficient (Wildman–Crippen LogP) is 3.82. The third-order valence-electron chi connectivity index (χ3n) is 4.50. The molecule has 0 radical (unpaired) electrons. The number of fused-ring (bicyclic) bond motifs is 1. The molecule has 4 rings (SSSR count). The molecule has 28 heavy (non-hydrogen) atoms. The third-order valence-corrected chi connectivity index (χ3v) is 4.87. The van der Waals surface area contributed by atoms with Crippen molar-refractivity contribution in [1.82, 2.24) is 25.1 Å². The van der Waals surface area contributed by atoms with Gasteiger partial charge in [-0.05, 0) is 30.2 Å². The molecule has 2 aromatic carbocycles. The first-order chi connectivity index (χ1) is 13.7. The van der Waals surface area contributed by atoms with Crippen molar-refractivity contribution >= 4 is 28.5 Å². The van der Waals surface area contributed by atoms with Crippen molar-refractivity contribution in [3.63, 3.8) is 0 Å². The Morgan fingerprint density at radius 1 is 1.14 bits per heavy atom. The molecule has 0 saturated heterocycles. The molecule has 0 atom stereocenters. The number of rotatable bonds is 7. The van der Waals surface area contributed by atoms with E-state index in [1.807, 2.05) is 48.5 Å². The zero-order chi connectivity index (χ0) is 19.3. The molecule has 7 heteroatoms. The van der Waals surface area contributed by atoms with Gasteiger partial charge in [-0.1, -0.05) is 41.9 Å². The molecular weight excluding hydrogens is 374 g/mol. The largest absolute Gasteiger partial charge is 0.352 e. The number of halogens is 1. The Morgan fingerprint density at radius 2 is 1.96 bits per heavy atom. The second kappa shape index (κ2) is 8.27. The molecule has 0 aliphatic heterocycles. The fourth-order valence-corrected chi connectivity index (χ4v) is 3.25. The highest BCUT2D eigenvalue weighted by Crippen LogP contribution is 2.16. The number of hydrogen-bond donors (Lipinski definition) is 2. The number of aromatic nitrogens is 4. The molecule has 2 heterocycles. The number of imidazole rings is 1. The van der Waals surface area contributed by atoms with E-state index in [1.54, 1.807) is 17.1 Å². The quantitative estimate of drug-likeness (QED) is 0.468. The highest BCUT2D eigenvalue weighted by molar-refractivity contribution is 6.31. The Labute approximate surface area is 167 Å². The van der Waals surface area contributed by atoms with Crippen LogP contribution in [0.1, 0.15) is 28.2 Å². The standard InChI is InChI=1S/C21H20ClN5O/c22-17-7-2-1-6-15(17)13-27-14-16(12-24-27)21(28)23-11-5-10-20-25-18-8-3-4-9-19(18)26-20/h1-4,6-9,12,14H,5,10-11,13H2,(H,23,28)(H,25,26).